The van der Waals surface area contributed by atoms with Gasteiger partial charge in [-0.15, -0.1) is 0 Å². The van der Waals surface area contributed by atoms with E-state index in [0.717, 1.165) is 13.0 Å². The molecule has 0 spiro atoms. The molecule has 0 saturated carbocycles. The molecule has 0 amide bonds. The minimum Gasteiger partial charge on any atom is -0.468 e. The van der Waals surface area contributed by atoms with Gasteiger partial charge in [0.25, 0.3) is 0 Å². The normalized spacial score (nSPS) is 10.6. The Kier molecular flexibility index (Phi) is 5.98. The number of hydrogen-bond donors (Lipinski definition) is 1. The third kappa shape index (κ3) is 4.72. The average Bonchev–Trinajstić information content (AvgIpc) is 2.56. The third-order valence-corrected chi connectivity index (χ3v) is 3.51. The number of nitrogens with one attached hydrogen (secondary N) is 1. The van der Waals surface area contributed by atoms with Crippen LogP contribution in [0.5, 0.6) is 0 Å². The number of rotatable bonds is 7. The van der Waals surface area contributed by atoms with Gasteiger partial charge in [0.2, 0.25) is 0 Å². The van der Waals surface area contributed by atoms with Crippen LogP contribution in [0, 0.1) is 0 Å². The molecule has 0 radical (unpaired) electrons. The smallest absolute Gasteiger partial charge is 0.319 e. The zero-order valence-corrected chi connectivity index (χ0v) is 12.3. The van der Waals surface area contributed by atoms with Crippen molar-refractivity contribution in [1.82, 2.24) is 5.32 Å². The molecule has 2 rings (SSSR count). The topological polar surface area (TPSA) is 38.3 Å². The minimum atomic E-state index is -0.231. The van der Waals surface area contributed by atoms with Crippen molar-refractivity contribution in [3.05, 3.63) is 71.8 Å². The van der Waals surface area contributed by atoms with Gasteiger partial charge >= 0.3 is 5.97 Å². The SMILES string of the molecule is COC(=O)CNCCC(c1ccccc1)c1ccccc1. The molecule has 0 heterocycles. The van der Waals surface area contributed by atoms with Crippen LogP contribution in [-0.2, 0) is 9.53 Å². The summed E-state index contributed by atoms with van der Waals surface area (Å²) in [5.41, 5.74) is 2.59. The molecule has 1 N–H and O–H groups in total. The highest BCUT2D eigenvalue weighted by Crippen LogP contribution is 2.27. The monoisotopic (exact) mass is 283 g/mol. The van der Waals surface area contributed by atoms with E-state index in [9.17, 15) is 4.79 Å². The largest absolute Gasteiger partial charge is 0.468 e. The summed E-state index contributed by atoms with van der Waals surface area (Å²) < 4.78 is 4.63. The van der Waals surface area contributed by atoms with Crippen molar-refractivity contribution in [3.8, 4) is 0 Å². The standard InChI is InChI=1S/C18H21NO2/c1-21-18(20)14-19-13-12-17(15-8-4-2-5-9-15)16-10-6-3-7-11-16/h2-11,17,19H,12-14H2,1H3. The van der Waals surface area contributed by atoms with Crippen LogP contribution in [0.15, 0.2) is 60.7 Å². The van der Waals surface area contributed by atoms with E-state index in [1.165, 1.54) is 18.2 Å². The summed E-state index contributed by atoms with van der Waals surface area (Å²) in [6.45, 7) is 1.02. The van der Waals surface area contributed by atoms with E-state index in [1.54, 1.807) is 0 Å². The maximum Gasteiger partial charge on any atom is 0.319 e. The third-order valence-electron chi connectivity index (χ3n) is 3.51. The van der Waals surface area contributed by atoms with Gasteiger partial charge in [-0.3, -0.25) is 4.79 Å². The van der Waals surface area contributed by atoms with Crippen molar-refractivity contribution in [2.24, 2.45) is 0 Å². The van der Waals surface area contributed by atoms with Crippen LogP contribution >= 0.6 is 0 Å². The number of carbonyl (C=O) groups is 1. The van der Waals surface area contributed by atoms with Crippen LogP contribution in [0.1, 0.15) is 23.5 Å². The zero-order valence-electron chi connectivity index (χ0n) is 12.3. The lowest BCUT2D eigenvalue weighted by Crippen LogP contribution is -2.26. The van der Waals surface area contributed by atoms with Gasteiger partial charge in [-0.25, -0.2) is 0 Å². The number of carbonyl (C=O) groups excluding carboxylic acids is 1. The quantitative estimate of drug-likeness (QED) is 0.627. The van der Waals surface area contributed by atoms with Gasteiger partial charge < -0.3 is 10.1 Å². The Hall–Kier alpha value is -2.13. The fourth-order valence-electron chi connectivity index (χ4n) is 2.41. The predicted molar refractivity (Wildman–Crippen MR) is 84.2 cm³/mol. The van der Waals surface area contributed by atoms with E-state index in [2.05, 4.69) is 58.6 Å². The molecular weight excluding hydrogens is 262 g/mol. The van der Waals surface area contributed by atoms with Gasteiger partial charge in [-0.05, 0) is 24.1 Å². The minimum absolute atomic E-state index is 0.231. The molecule has 3 heteroatoms. The van der Waals surface area contributed by atoms with Crippen molar-refractivity contribution >= 4 is 5.97 Å². The van der Waals surface area contributed by atoms with Gasteiger partial charge in [-0.2, -0.15) is 0 Å². The first kappa shape index (κ1) is 15.3. The first-order valence-corrected chi connectivity index (χ1v) is 7.18. The summed E-state index contributed by atoms with van der Waals surface area (Å²) in [6, 6.07) is 20.9. The van der Waals surface area contributed by atoms with Crippen LogP contribution in [0.3, 0.4) is 0 Å². The summed E-state index contributed by atoms with van der Waals surface area (Å²) in [6.07, 6.45) is 0.936. The molecule has 0 unspecified atom stereocenters. The molecule has 2 aromatic rings. The van der Waals surface area contributed by atoms with E-state index in [4.69, 9.17) is 0 Å². The lowest BCUT2D eigenvalue weighted by molar-refractivity contribution is -0.139. The van der Waals surface area contributed by atoms with Crippen LogP contribution < -0.4 is 5.32 Å². The highest BCUT2D eigenvalue weighted by atomic mass is 16.5. The number of methoxy groups -OCH3 is 1. The maximum absolute atomic E-state index is 11.1. The van der Waals surface area contributed by atoms with Crippen LogP contribution in [0.4, 0.5) is 0 Å². The number of esters is 1. The second-order valence-corrected chi connectivity index (χ2v) is 4.92. The fraction of sp³-hybridized carbons (Fsp3) is 0.278. The van der Waals surface area contributed by atoms with Crippen LogP contribution in [0.25, 0.3) is 0 Å². The zero-order chi connectivity index (χ0) is 14.9. The molecule has 21 heavy (non-hydrogen) atoms. The maximum atomic E-state index is 11.1. The van der Waals surface area contributed by atoms with Crippen LogP contribution in [0.2, 0.25) is 0 Å². The summed E-state index contributed by atoms with van der Waals surface area (Å²) in [7, 11) is 1.40. The highest BCUT2D eigenvalue weighted by molar-refractivity contribution is 5.71. The van der Waals surface area contributed by atoms with E-state index in [0.29, 0.717) is 5.92 Å². The molecule has 2 aromatic carbocycles. The van der Waals surface area contributed by atoms with Gasteiger partial charge in [0.1, 0.15) is 0 Å². The Morgan fingerprint density at radius 1 is 1.00 bits per heavy atom. The molecule has 110 valence electrons. The van der Waals surface area contributed by atoms with Crippen molar-refractivity contribution in [1.29, 1.82) is 0 Å². The fourth-order valence-corrected chi connectivity index (χ4v) is 2.41. The molecule has 0 aliphatic heterocycles. The van der Waals surface area contributed by atoms with Gasteiger partial charge in [-0.1, -0.05) is 60.7 Å². The Morgan fingerprint density at radius 3 is 2.00 bits per heavy atom. The molecule has 0 aliphatic carbocycles. The predicted octanol–water partition coefficient (Wildman–Crippen LogP) is 2.97. The Balaban J connectivity index is 2.02. The lowest BCUT2D eigenvalue weighted by Gasteiger charge is -2.18. The number of ether oxygens (including phenoxy) is 1. The molecular formula is C18H21NO2. The van der Waals surface area contributed by atoms with E-state index < -0.39 is 0 Å². The number of hydrogen-bond acceptors (Lipinski definition) is 3. The summed E-state index contributed by atoms with van der Waals surface area (Å²) >= 11 is 0. The summed E-state index contributed by atoms with van der Waals surface area (Å²) in [5, 5.41) is 3.13. The Bertz CT molecular complexity index is 500. The van der Waals surface area contributed by atoms with Crippen molar-refractivity contribution in [2.45, 2.75) is 12.3 Å². The van der Waals surface area contributed by atoms with Gasteiger partial charge in [0, 0.05) is 5.92 Å². The molecule has 0 bridgehead atoms. The first-order valence-electron chi connectivity index (χ1n) is 7.18. The van der Waals surface area contributed by atoms with Crippen LogP contribution in [-0.4, -0.2) is 26.2 Å². The second-order valence-electron chi connectivity index (χ2n) is 4.92. The Morgan fingerprint density at radius 2 is 1.52 bits per heavy atom. The molecule has 0 fully saturated rings. The second kappa shape index (κ2) is 8.22. The Labute approximate surface area is 126 Å². The lowest BCUT2D eigenvalue weighted by atomic mass is 9.88. The highest BCUT2D eigenvalue weighted by Gasteiger charge is 2.13. The molecule has 0 saturated heterocycles. The van der Waals surface area contributed by atoms with E-state index in [1.807, 2.05) is 12.1 Å². The van der Waals surface area contributed by atoms with Gasteiger partial charge in [0.05, 0.1) is 13.7 Å². The molecule has 0 atom stereocenters. The first-order chi connectivity index (χ1) is 10.3. The average molecular weight is 283 g/mol. The van der Waals surface area contributed by atoms with E-state index in [-0.39, 0.29) is 12.5 Å². The molecule has 0 aliphatic rings. The van der Waals surface area contributed by atoms with Crippen molar-refractivity contribution in [3.63, 3.8) is 0 Å². The van der Waals surface area contributed by atoms with Gasteiger partial charge in [0.15, 0.2) is 0 Å². The number of benzene rings is 2. The van der Waals surface area contributed by atoms with Crippen molar-refractivity contribution in [2.75, 3.05) is 20.2 Å². The van der Waals surface area contributed by atoms with E-state index >= 15 is 0 Å². The summed E-state index contributed by atoms with van der Waals surface area (Å²) in [4.78, 5) is 11.1. The molecule has 3 nitrogen and oxygen atoms in total. The molecule has 0 aromatic heterocycles. The summed E-state index contributed by atoms with van der Waals surface area (Å²) in [5.74, 6) is 0.100. The van der Waals surface area contributed by atoms with Crippen molar-refractivity contribution < 1.29 is 9.53 Å².